The quantitative estimate of drug-likeness (QED) is 0.710. The summed E-state index contributed by atoms with van der Waals surface area (Å²) in [4.78, 5) is 7.94. The van der Waals surface area contributed by atoms with Crippen LogP contribution >= 0.6 is 15.9 Å². The number of benzene rings is 2. The summed E-state index contributed by atoms with van der Waals surface area (Å²) < 4.78 is 1.06. The van der Waals surface area contributed by atoms with Crippen molar-refractivity contribution in [2.24, 2.45) is 0 Å². The van der Waals surface area contributed by atoms with Crippen LogP contribution in [0.3, 0.4) is 0 Å². The second-order valence-electron chi connectivity index (χ2n) is 4.09. The number of aryl methyl sites for hydroxylation is 1. The highest BCUT2D eigenvalue weighted by atomic mass is 79.9. The van der Waals surface area contributed by atoms with Crippen LogP contribution in [0, 0.1) is 6.92 Å². The van der Waals surface area contributed by atoms with Gasteiger partial charge in [-0.15, -0.1) is 0 Å². The molecule has 0 radical (unpaired) electrons. The topological polar surface area (TPSA) is 28.7 Å². The van der Waals surface area contributed by atoms with E-state index in [9.17, 15) is 0 Å². The van der Waals surface area contributed by atoms with E-state index in [1.807, 2.05) is 24.3 Å². The first-order valence-electron chi connectivity index (χ1n) is 5.45. The number of aromatic nitrogens is 2. The fourth-order valence-corrected chi connectivity index (χ4v) is 2.34. The number of halogens is 1. The minimum Gasteiger partial charge on any atom is -0.338 e. The van der Waals surface area contributed by atoms with Gasteiger partial charge in [-0.3, -0.25) is 0 Å². The SMILES string of the molecule is Cc1ccc(Br)c(-c2nc3ccccc3[nH]2)c1. The third-order valence-corrected chi connectivity index (χ3v) is 3.46. The Morgan fingerprint density at radius 1 is 1.12 bits per heavy atom. The standard InChI is InChI=1S/C14H11BrN2/c1-9-6-7-11(15)10(8-9)14-16-12-4-2-3-5-13(12)17-14/h2-8H,1H3,(H,16,17). The van der Waals surface area contributed by atoms with Gasteiger partial charge in [0.2, 0.25) is 0 Å². The van der Waals surface area contributed by atoms with Gasteiger partial charge in [0.15, 0.2) is 0 Å². The zero-order chi connectivity index (χ0) is 11.8. The molecule has 0 atom stereocenters. The normalized spacial score (nSPS) is 10.9. The predicted octanol–water partition coefficient (Wildman–Crippen LogP) is 4.30. The molecule has 0 aliphatic rings. The van der Waals surface area contributed by atoms with Crippen molar-refractivity contribution in [3.8, 4) is 11.4 Å². The van der Waals surface area contributed by atoms with Crippen molar-refractivity contribution in [3.63, 3.8) is 0 Å². The zero-order valence-corrected chi connectivity index (χ0v) is 11.0. The minimum absolute atomic E-state index is 0.904. The molecule has 84 valence electrons. The van der Waals surface area contributed by atoms with E-state index in [1.54, 1.807) is 0 Å². The van der Waals surface area contributed by atoms with Crippen molar-refractivity contribution in [1.29, 1.82) is 0 Å². The number of imidazole rings is 1. The van der Waals surface area contributed by atoms with Crippen molar-refractivity contribution in [2.75, 3.05) is 0 Å². The lowest BCUT2D eigenvalue weighted by molar-refractivity contribution is 1.31. The van der Waals surface area contributed by atoms with Gasteiger partial charge in [-0.1, -0.05) is 39.7 Å². The first-order valence-corrected chi connectivity index (χ1v) is 6.24. The van der Waals surface area contributed by atoms with Crippen LogP contribution in [-0.4, -0.2) is 9.97 Å². The van der Waals surface area contributed by atoms with E-state index < -0.39 is 0 Å². The van der Waals surface area contributed by atoms with E-state index in [2.05, 4.69) is 51.0 Å². The summed E-state index contributed by atoms with van der Waals surface area (Å²) in [5.74, 6) is 0.904. The molecule has 0 saturated carbocycles. The molecular weight excluding hydrogens is 276 g/mol. The Morgan fingerprint density at radius 2 is 1.94 bits per heavy atom. The van der Waals surface area contributed by atoms with Crippen LogP contribution in [0.1, 0.15) is 5.56 Å². The van der Waals surface area contributed by atoms with E-state index in [0.717, 1.165) is 26.9 Å². The van der Waals surface area contributed by atoms with Crippen molar-refractivity contribution in [3.05, 3.63) is 52.5 Å². The van der Waals surface area contributed by atoms with Crippen molar-refractivity contribution >= 4 is 27.0 Å². The molecule has 1 heterocycles. The van der Waals surface area contributed by atoms with Crippen molar-refractivity contribution in [1.82, 2.24) is 9.97 Å². The maximum Gasteiger partial charge on any atom is 0.139 e. The molecule has 0 spiro atoms. The molecule has 3 aromatic rings. The molecule has 0 aliphatic heterocycles. The summed E-state index contributed by atoms with van der Waals surface area (Å²) in [6.07, 6.45) is 0. The fourth-order valence-electron chi connectivity index (χ4n) is 1.90. The third-order valence-electron chi connectivity index (χ3n) is 2.77. The molecule has 0 saturated heterocycles. The summed E-state index contributed by atoms with van der Waals surface area (Å²) >= 11 is 3.56. The molecule has 3 rings (SSSR count). The average Bonchev–Trinajstić information content (AvgIpc) is 2.75. The molecular formula is C14H11BrN2. The lowest BCUT2D eigenvalue weighted by Gasteiger charge is -2.01. The zero-order valence-electron chi connectivity index (χ0n) is 9.37. The van der Waals surface area contributed by atoms with Crippen LogP contribution in [0.4, 0.5) is 0 Å². The molecule has 0 amide bonds. The lowest BCUT2D eigenvalue weighted by Crippen LogP contribution is -1.83. The molecule has 3 heteroatoms. The van der Waals surface area contributed by atoms with E-state index in [4.69, 9.17) is 0 Å². The Morgan fingerprint density at radius 3 is 2.76 bits per heavy atom. The van der Waals surface area contributed by atoms with Gasteiger partial charge in [0.05, 0.1) is 11.0 Å². The number of fused-ring (bicyclic) bond motifs is 1. The maximum atomic E-state index is 4.60. The van der Waals surface area contributed by atoms with E-state index >= 15 is 0 Å². The number of hydrogen-bond donors (Lipinski definition) is 1. The Balaban J connectivity index is 2.23. The number of hydrogen-bond acceptors (Lipinski definition) is 1. The molecule has 2 aromatic carbocycles. The average molecular weight is 287 g/mol. The van der Waals surface area contributed by atoms with Gasteiger partial charge in [0.1, 0.15) is 5.82 Å². The van der Waals surface area contributed by atoms with Gasteiger partial charge in [-0.2, -0.15) is 0 Å². The predicted molar refractivity (Wildman–Crippen MR) is 74.0 cm³/mol. The molecule has 0 aliphatic carbocycles. The summed E-state index contributed by atoms with van der Waals surface area (Å²) in [5, 5.41) is 0. The van der Waals surface area contributed by atoms with Gasteiger partial charge in [-0.05, 0) is 31.2 Å². The molecule has 1 N–H and O–H groups in total. The van der Waals surface area contributed by atoms with Gasteiger partial charge >= 0.3 is 0 Å². The molecule has 17 heavy (non-hydrogen) atoms. The Kier molecular flexibility index (Phi) is 2.48. The number of H-pyrrole nitrogens is 1. The molecule has 1 aromatic heterocycles. The number of nitrogens with one attached hydrogen (secondary N) is 1. The van der Waals surface area contributed by atoms with E-state index in [0.29, 0.717) is 0 Å². The molecule has 0 bridgehead atoms. The van der Waals surface area contributed by atoms with Gasteiger partial charge in [0.25, 0.3) is 0 Å². The molecule has 0 fully saturated rings. The third kappa shape index (κ3) is 1.87. The van der Waals surface area contributed by atoms with Crippen LogP contribution in [0.25, 0.3) is 22.4 Å². The van der Waals surface area contributed by atoms with Crippen LogP contribution in [0.15, 0.2) is 46.9 Å². The van der Waals surface area contributed by atoms with Gasteiger partial charge in [0, 0.05) is 10.0 Å². The first kappa shape index (κ1) is 10.5. The molecule has 0 unspecified atom stereocenters. The van der Waals surface area contributed by atoms with Crippen LogP contribution in [-0.2, 0) is 0 Å². The highest BCUT2D eigenvalue weighted by Gasteiger charge is 2.08. The molecule has 2 nitrogen and oxygen atoms in total. The van der Waals surface area contributed by atoms with Gasteiger partial charge in [-0.25, -0.2) is 4.98 Å². The largest absolute Gasteiger partial charge is 0.338 e. The van der Waals surface area contributed by atoms with Crippen LogP contribution in [0.5, 0.6) is 0 Å². The minimum atomic E-state index is 0.904. The Labute approximate surface area is 108 Å². The first-order chi connectivity index (χ1) is 8.24. The highest BCUT2D eigenvalue weighted by Crippen LogP contribution is 2.28. The number of aromatic amines is 1. The number of para-hydroxylation sites is 2. The van der Waals surface area contributed by atoms with Crippen LogP contribution < -0.4 is 0 Å². The van der Waals surface area contributed by atoms with E-state index in [1.165, 1.54) is 5.56 Å². The van der Waals surface area contributed by atoms with Crippen molar-refractivity contribution in [2.45, 2.75) is 6.92 Å². The summed E-state index contributed by atoms with van der Waals surface area (Å²) in [6.45, 7) is 2.08. The maximum absolute atomic E-state index is 4.60. The summed E-state index contributed by atoms with van der Waals surface area (Å²) in [7, 11) is 0. The Hall–Kier alpha value is -1.61. The lowest BCUT2D eigenvalue weighted by atomic mass is 10.1. The second-order valence-corrected chi connectivity index (χ2v) is 4.94. The van der Waals surface area contributed by atoms with Gasteiger partial charge < -0.3 is 4.98 Å². The Bertz CT molecular complexity index is 653. The highest BCUT2D eigenvalue weighted by molar-refractivity contribution is 9.10. The summed E-state index contributed by atoms with van der Waals surface area (Å²) in [6, 6.07) is 14.3. The summed E-state index contributed by atoms with van der Waals surface area (Å²) in [5.41, 5.74) is 4.39. The van der Waals surface area contributed by atoms with E-state index in [-0.39, 0.29) is 0 Å². The number of rotatable bonds is 1. The smallest absolute Gasteiger partial charge is 0.139 e. The fraction of sp³-hybridized carbons (Fsp3) is 0.0714. The van der Waals surface area contributed by atoms with Crippen molar-refractivity contribution < 1.29 is 0 Å². The number of nitrogens with zero attached hydrogens (tertiary/aromatic N) is 1. The van der Waals surface area contributed by atoms with Crippen LogP contribution in [0.2, 0.25) is 0 Å². The monoisotopic (exact) mass is 286 g/mol. The second kappa shape index (κ2) is 4.00.